The molecule has 0 aromatic carbocycles. The number of nitrogens with two attached hydrogens (primary N) is 2. The van der Waals surface area contributed by atoms with Crippen molar-refractivity contribution in [2.24, 2.45) is 11.5 Å². The van der Waals surface area contributed by atoms with E-state index in [-0.39, 0.29) is 11.8 Å². The van der Waals surface area contributed by atoms with Crippen molar-refractivity contribution >= 4 is 11.6 Å². The van der Waals surface area contributed by atoms with E-state index >= 15 is 0 Å². The molecule has 0 heterocycles. The fourth-order valence-electron chi connectivity index (χ4n) is 0.424. The van der Waals surface area contributed by atoms with Gasteiger partial charge in [-0.1, -0.05) is 11.6 Å². The Balaban J connectivity index is 4.33. The van der Waals surface area contributed by atoms with Crippen molar-refractivity contribution in [2.45, 2.75) is 6.92 Å². The van der Waals surface area contributed by atoms with Gasteiger partial charge in [0.05, 0.1) is 11.8 Å². The predicted molar refractivity (Wildman–Crippen MR) is 42.1 cm³/mol. The summed E-state index contributed by atoms with van der Waals surface area (Å²) in [5.41, 5.74) is 11.5. The molecule has 58 valence electrons. The Morgan fingerprint density at radius 3 is 2.40 bits per heavy atom. The third-order valence-corrected chi connectivity index (χ3v) is 1.14. The molecule has 0 spiro atoms. The summed E-state index contributed by atoms with van der Waals surface area (Å²) in [5, 5.41) is 8.68. The van der Waals surface area contributed by atoms with E-state index in [4.69, 9.17) is 28.2 Å². The predicted octanol–water partition coefficient (Wildman–Crippen LogP) is 0.250. The largest absolute Gasteiger partial charge is 0.400 e. The summed E-state index contributed by atoms with van der Waals surface area (Å²) in [6, 6.07) is 0. The maximum absolute atomic E-state index is 8.52. The highest BCUT2D eigenvalue weighted by atomic mass is 35.5. The van der Waals surface area contributed by atoms with E-state index in [9.17, 15) is 0 Å². The molecule has 0 saturated heterocycles. The third-order valence-electron chi connectivity index (χ3n) is 1.03. The zero-order valence-corrected chi connectivity index (χ0v) is 6.52. The van der Waals surface area contributed by atoms with Crippen molar-refractivity contribution < 1.29 is 5.11 Å². The second-order valence-corrected chi connectivity index (χ2v) is 2.33. The van der Waals surface area contributed by atoms with E-state index in [2.05, 4.69) is 0 Å². The Kier molecular flexibility index (Phi) is 3.91. The molecule has 0 aromatic rings. The van der Waals surface area contributed by atoms with E-state index in [0.717, 1.165) is 0 Å². The zero-order chi connectivity index (χ0) is 8.15. The van der Waals surface area contributed by atoms with Gasteiger partial charge in [0.15, 0.2) is 0 Å². The summed E-state index contributed by atoms with van der Waals surface area (Å²) < 4.78 is 0. The SMILES string of the molecule is CC(/C=C(\N)Cl)=C(/N)CO. The van der Waals surface area contributed by atoms with Gasteiger partial charge in [0.2, 0.25) is 0 Å². The molecular weight excluding hydrogens is 152 g/mol. The summed E-state index contributed by atoms with van der Waals surface area (Å²) in [6.45, 7) is 1.55. The van der Waals surface area contributed by atoms with Gasteiger partial charge < -0.3 is 16.6 Å². The smallest absolute Gasteiger partial charge is 0.0995 e. The van der Waals surface area contributed by atoms with E-state index in [1.165, 1.54) is 6.08 Å². The molecule has 0 aliphatic carbocycles. The Hall–Kier alpha value is -0.670. The van der Waals surface area contributed by atoms with Gasteiger partial charge in [0.1, 0.15) is 0 Å². The lowest BCUT2D eigenvalue weighted by Gasteiger charge is -1.98. The molecule has 0 aromatic heterocycles. The Labute approximate surface area is 65.0 Å². The normalized spacial score (nSPS) is 14.9. The number of rotatable bonds is 2. The van der Waals surface area contributed by atoms with E-state index < -0.39 is 0 Å². The van der Waals surface area contributed by atoms with Crippen molar-refractivity contribution in [1.29, 1.82) is 0 Å². The quantitative estimate of drug-likeness (QED) is 0.403. The Morgan fingerprint density at radius 1 is 1.60 bits per heavy atom. The molecule has 4 heteroatoms. The molecule has 0 bridgehead atoms. The fourth-order valence-corrected chi connectivity index (χ4v) is 0.588. The summed E-state index contributed by atoms with van der Waals surface area (Å²) >= 11 is 5.34. The van der Waals surface area contributed by atoms with Crippen molar-refractivity contribution in [3.8, 4) is 0 Å². The summed E-state index contributed by atoms with van der Waals surface area (Å²) in [4.78, 5) is 0. The van der Waals surface area contributed by atoms with Crippen molar-refractivity contribution in [1.82, 2.24) is 0 Å². The number of halogens is 1. The minimum absolute atomic E-state index is 0.161. The van der Waals surface area contributed by atoms with Crippen LogP contribution >= 0.6 is 11.6 Å². The van der Waals surface area contributed by atoms with Gasteiger partial charge in [-0.2, -0.15) is 0 Å². The average Bonchev–Trinajstić information content (AvgIpc) is 1.85. The van der Waals surface area contributed by atoms with Gasteiger partial charge in [0, 0.05) is 5.70 Å². The van der Waals surface area contributed by atoms with Gasteiger partial charge >= 0.3 is 0 Å². The molecule has 0 fully saturated rings. The first kappa shape index (κ1) is 9.33. The molecule has 3 nitrogen and oxygen atoms in total. The molecular formula is C6H11ClN2O. The molecule has 0 radical (unpaired) electrons. The van der Waals surface area contributed by atoms with Crippen molar-refractivity contribution in [3.63, 3.8) is 0 Å². The van der Waals surface area contributed by atoms with Crippen LogP contribution in [0.25, 0.3) is 0 Å². The Morgan fingerprint density at radius 2 is 2.10 bits per heavy atom. The Bertz CT molecular complexity index is 171. The van der Waals surface area contributed by atoms with Crippen LogP contribution in [0.4, 0.5) is 0 Å². The van der Waals surface area contributed by atoms with Crippen LogP contribution in [0.3, 0.4) is 0 Å². The highest BCUT2D eigenvalue weighted by Gasteiger charge is 1.92. The van der Waals surface area contributed by atoms with E-state index in [1.54, 1.807) is 6.92 Å². The first-order chi connectivity index (χ1) is 4.57. The van der Waals surface area contributed by atoms with Gasteiger partial charge in [-0.05, 0) is 18.6 Å². The van der Waals surface area contributed by atoms with Crippen LogP contribution in [0, 0.1) is 0 Å². The topological polar surface area (TPSA) is 72.3 Å². The van der Waals surface area contributed by atoms with Gasteiger partial charge in [-0.15, -0.1) is 0 Å². The van der Waals surface area contributed by atoms with Crippen LogP contribution in [0.2, 0.25) is 0 Å². The number of allylic oxidation sites excluding steroid dienone is 2. The standard InChI is InChI=1S/C6H11ClN2O/c1-4(2-6(7)9)5(8)3-10/h2,10H,3,8-9H2,1H3/b5-4-,6-2-. The maximum atomic E-state index is 8.52. The van der Waals surface area contributed by atoms with E-state index in [0.29, 0.717) is 11.3 Å². The van der Waals surface area contributed by atoms with Crippen LogP contribution in [-0.4, -0.2) is 11.7 Å². The lowest BCUT2D eigenvalue weighted by atomic mass is 10.2. The summed E-state index contributed by atoms with van der Waals surface area (Å²) in [7, 11) is 0. The first-order valence-corrected chi connectivity index (χ1v) is 3.14. The maximum Gasteiger partial charge on any atom is 0.0995 e. The molecule has 0 amide bonds. The average molecular weight is 163 g/mol. The zero-order valence-electron chi connectivity index (χ0n) is 5.76. The van der Waals surface area contributed by atoms with Crippen LogP contribution < -0.4 is 11.5 Å². The van der Waals surface area contributed by atoms with E-state index in [1.807, 2.05) is 0 Å². The summed E-state index contributed by atoms with van der Waals surface area (Å²) in [6.07, 6.45) is 1.49. The van der Waals surface area contributed by atoms with Crippen molar-refractivity contribution in [3.05, 3.63) is 22.5 Å². The highest BCUT2D eigenvalue weighted by Crippen LogP contribution is 2.02. The van der Waals surface area contributed by atoms with Crippen LogP contribution in [0.1, 0.15) is 6.92 Å². The lowest BCUT2D eigenvalue weighted by Crippen LogP contribution is -2.05. The van der Waals surface area contributed by atoms with Crippen LogP contribution in [0.15, 0.2) is 22.5 Å². The number of hydrogen-bond acceptors (Lipinski definition) is 3. The number of aliphatic hydroxyl groups is 1. The van der Waals surface area contributed by atoms with Crippen LogP contribution in [-0.2, 0) is 0 Å². The van der Waals surface area contributed by atoms with Gasteiger partial charge in [-0.25, -0.2) is 0 Å². The summed E-state index contributed by atoms with van der Waals surface area (Å²) in [5.74, 6) is 0. The highest BCUT2D eigenvalue weighted by molar-refractivity contribution is 6.29. The van der Waals surface area contributed by atoms with Crippen molar-refractivity contribution in [2.75, 3.05) is 6.61 Å². The molecule has 0 atom stereocenters. The molecule has 0 rings (SSSR count). The molecule has 0 aliphatic heterocycles. The van der Waals surface area contributed by atoms with Crippen LogP contribution in [0.5, 0.6) is 0 Å². The lowest BCUT2D eigenvalue weighted by molar-refractivity contribution is 0.328. The fraction of sp³-hybridized carbons (Fsp3) is 0.333. The number of hydrogen-bond donors (Lipinski definition) is 3. The van der Waals surface area contributed by atoms with Gasteiger partial charge in [-0.3, -0.25) is 0 Å². The second kappa shape index (κ2) is 4.19. The minimum atomic E-state index is -0.174. The molecule has 0 saturated carbocycles. The minimum Gasteiger partial charge on any atom is -0.400 e. The molecule has 10 heavy (non-hydrogen) atoms. The first-order valence-electron chi connectivity index (χ1n) is 2.76. The molecule has 5 N–H and O–H groups in total. The second-order valence-electron chi connectivity index (χ2n) is 1.90. The van der Waals surface area contributed by atoms with Gasteiger partial charge in [0.25, 0.3) is 0 Å². The molecule has 0 aliphatic rings. The number of aliphatic hydroxyl groups excluding tert-OH is 1. The third kappa shape index (κ3) is 3.37. The monoisotopic (exact) mass is 162 g/mol. The molecule has 0 unspecified atom stereocenters.